The molecule has 2 heterocycles. The fourth-order valence-electron chi connectivity index (χ4n) is 2.51. The van der Waals surface area contributed by atoms with Gasteiger partial charge in [0.15, 0.2) is 0 Å². The molecule has 4 nitrogen and oxygen atoms in total. The van der Waals surface area contributed by atoms with Gasteiger partial charge >= 0.3 is 0 Å². The second-order valence-electron chi connectivity index (χ2n) is 4.83. The first-order valence-corrected chi connectivity index (χ1v) is 7.89. The van der Waals surface area contributed by atoms with Gasteiger partial charge in [0, 0.05) is 22.7 Å². The van der Waals surface area contributed by atoms with E-state index in [9.17, 15) is 8.42 Å². The Morgan fingerprint density at radius 3 is 2.57 bits per heavy atom. The Hall–Kier alpha value is -2.53. The second kappa shape index (κ2) is 4.23. The minimum absolute atomic E-state index is 0.258. The predicted octanol–water partition coefficient (Wildman–Crippen LogP) is 2.77. The summed E-state index contributed by atoms with van der Waals surface area (Å²) in [4.78, 5) is 4.63. The lowest BCUT2D eigenvalue weighted by Crippen LogP contribution is -2.01. The number of sulfonamides is 1. The Morgan fingerprint density at radius 1 is 0.905 bits per heavy atom. The third kappa shape index (κ3) is 1.86. The molecule has 0 saturated heterocycles. The summed E-state index contributed by atoms with van der Waals surface area (Å²) in [5, 5.41) is 0.958. The number of nitrogens with zero attached hydrogens (tertiary/aromatic N) is 2. The number of aromatic nitrogens is 1. The zero-order valence-electron chi connectivity index (χ0n) is 10.9. The van der Waals surface area contributed by atoms with Gasteiger partial charge in [0.05, 0.1) is 16.1 Å². The van der Waals surface area contributed by atoms with E-state index < -0.39 is 10.0 Å². The van der Waals surface area contributed by atoms with Crippen molar-refractivity contribution in [1.82, 2.24) is 4.98 Å². The van der Waals surface area contributed by atoms with E-state index in [2.05, 4.69) is 9.38 Å². The Kier molecular flexibility index (Phi) is 2.46. The lowest BCUT2D eigenvalue weighted by Gasteiger charge is -2.03. The van der Waals surface area contributed by atoms with Crippen molar-refractivity contribution in [3.63, 3.8) is 0 Å². The van der Waals surface area contributed by atoms with Crippen LogP contribution in [-0.4, -0.2) is 19.1 Å². The average molecular weight is 294 g/mol. The molecule has 1 aliphatic rings. The number of hydrogen-bond acceptors (Lipinski definition) is 3. The van der Waals surface area contributed by atoms with Gasteiger partial charge in [-0.25, -0.2) is 0 Å². The maximum atomic E-state index is 12.1. The van der Waals surface area contributed by atoms with Crippen molar-refractivity contribution in [2.45, 2.75) is 4.90 Å². The fourth-order valence-corrected chi connectivity index (χ4v) is 3.75. The van der Waals surface area contributed by atoms with Crippen LogP contribution in [0.1, 0.15) is 11.1 Å². The summed E-state index contributed by atoms with van der Waals surface area (Å²) < 4.78 is 28.1. The van der Waals surface area contributed by atoms with Gasteiger partial charge in [-0.3, -0.25) is 4.98 Å². The van der Waals surface area contributed by atoms with Crippen LogP contribution in [0, 0.1) is 0 Å². The highest BCUT2D eigenvalue weighted by atomic mass is 32.2. The molecule has 0 atom stereocenters. The number of rotatable bonds is 1. The molecule has 1 aromatic heterocycles. The lowest BCUT2D eigenvalue weighted by molar-refractivity contribution is 0.599. The molecule has 0 N–H and O–H groups in total. The van der Waals surface area contributed by atoms with Crippen molar-refractivity contribution in [3.8, 4) is 0 Å². The molecule has 5 heteroatoms. The van der Waals surface area contributed by atoms with E-state index in [-0.39, 0.29) is 4.90 Å². The van der Waals surface area contributed by atoms with Crippen molar-refractivity contribution >= 4 is 26.6 Å². The fraction of sp³-hybridized carbons (Fsp3) is 0. The van der Waals surface area contributed by atoms with Crippen LogP contribution >= 0.6 is 0 Å². The molecular formula is C16H10N2O2S. The van der Waals surface area contributed by atoms with Crippen molar-refractivity contribution in [2.75, 3.05) is 0 Å². The summed E-state index contributed by atoms with van der Waals surface area (Å²) in [6, 6.07) is 16.5. The molecular weight excluding hydrogens is 284 g/mol. The van der Waals surface area contributed by atoms with Crippen molar-refractivity contribution < 1.29 is 8.42 Å². The van der Waals surface area contributed by atoms with Gasteiger partial charge in [-0.05, 0) is 18.2 Å². The van der Waals surface area contributed by atoms with Gasteiger partial charge < -0.3 is 0 Å². The van der Waals surface area contributed by atoms with Crippen LogP contribution in [0.2, 0.25) is 0 Å². The first-order valence-electron chi connectivity index (χ1n) is 6.45. The summed E-state index contributed by atoms with van der Waals surface area (Å²) in [6.07, 6.45) is 1.67. The highest BCUT2D eigenvalue weighted by molar-refractivity contribution is 7.90. The highest BCUT2D eigenvalue weighted by Crippen LogP contribution is 2.29. The van der Waals surface area contributed by atoms with Crippen molar-refractivity contribution in [3.05, 3.63) is 71.9 Å². The molecule has 3 aromatic rings. The molecule has 2 aromatic carbocycles. The van der Waals surface area contributed by atoms with E-state index in [4.69, 9.17) is 0 Å². The van der Waals surface area contributed by atoms with Crippen LogP contribution < -0.4 is 0 Å². The summed E-state index contributed by atoms with van der Waals surface area (Å²) in [7, 11) is -3.60. The van der Waals surface area contributed by atoms with Crippen molar-refractivity contribution in [2.24, 2.45) is 4.40 Å². The summed E-state index contributed by atoms with van der Waals surface area (Å²) in [5.41, 5.74) is 2.68. The Morgan fingerprint density at radius 2 is 1.67 bits per heavy atom. The number of hydrogen-bond donors (Lipinski definition) is 0. The normalized spacial score (nSPS) is 15.7. The second-order valence-corrected chi connectivity index (χ2v) is 6.40. The molecule has 21 heavy (non-hydrogen) atoms. The van der Waals surface area contributed by atoms with E-state index >= 15 is 0 Å². The van der Waals surface area contributed by atoms with Gasteiger partial charge in [-0.15, -0.1) is 0 Å². The number of fused-ring (bicyclic) bond motifs is 2. The molecule has 0 aliphatic carbocycles. The number of para-hydroxylation sites is 1. The van der Waals surface area contributed by atoms with Gasteiger partial charge in [-0.1, -0.05) is 36.4 Å². The predicted molar refractivity (Wildman–Crippen MR) is 81.0 cm³/mol. The van der Waals surface area contributed by atoms with Gasteiger partial charge in [-0.2, -0.15) is 12.8 Å². The van der Waals surface area contributed by atoms with Crippen molar-refractivity contribution in [1.29, 1.82) is 0 Å². The SMILES string of the molecule is O=S1(=O)N=C(c2cnc3ccccc3c2)c2ccccc21. The quantitative estimate of drug-likeness (QED) is 0.693. The Balaban J connectivity index is 1.97. The topological polar surface area (TPSA) is 59.4 Å². The van der Waals surface area contributed by atoms with E-state index in [1.54, 1.807) is 24.4 Å². The monoisotopic (exact) mass is 294 g/mol. The summed E-state index contributed by atoms with van der Waals surface area (Å²) >= 11 is 0. The van der Waals surface area contributed by atoms with Gasteiger partial charge in [0.25, 0.3) is 10.0 Å². The minimum atomic E-state index is -3.60. The first-order chi connectivity index (χ1) is 10.1. The molecule has 0 unspecified atom stereocenters. The zero-order chi connectivity index (χ0) is 14.4. The molecule has 4 rings (SSSR count). The zero-order valence-corrected chi connectivity index (χ0v) is 11.7. The van der Waals surface area contributed by atoms with Crippen LogP contribution in [0.3, 0.4) is 0 Å². The Labute approximate surface area is 121 Å². The third-order valence-corrected chi connectivity index (χ3v) is 4.83. The molecule has 0 radical (unpaired) electrons. The van der Waals surface area contributed by atoms with E-state index in [0.717, 1.165) is 10.9 Å². The largest absolute Gasteiger partial charge is 0.283 e. The molecule has 102 valence electrons. The molecule has 0 bridgehead atoms. The van der Waals surface area contributed by atoms with Crippen LogP contribution in [0.15, 0.2) is 70.1 Å². The third-order valence-electron chi connectivity index (χ3n) is 3.50. The first kappa shape index (κ1) is 12.2. The molecule has 0 fully saturated rings. The Bertz CT molecular complexity index is 1010. The molecule has 0 saturated carbocycles. The van der Waals surface area contributed by atoms with Crippen LogP contribution in [0.4, 0.5) is 0 Å². The van der Waals surface area contributed by atoms with E-state index in [1.165, 1.54) is 0 Å². The minimum Gasteiger partial charge on any atom is -0.256 e. The maximum Gasteiger partial charge on any atom is 0.283 e. The van der Waals surface area contributed by atoms with E-state index in [1.807, 2.05) is 36.4 Å². The van der Waals surface area contributed by atoms with Crippen LogP contribution in [-0.2, 0) is 10.0 Å². The van der Waals surface area contributed by atoms with Crippen LogP contribution in [0.5, 0.6) is 0 Å². The molecule has 0 spiro atoms. The van der Waals surface area contributed by atoms with E-state index in [0.29, 0.717) is 16.8 Å². The lowest BCUT2D eigenvalue weighted by atomic mass is 10.0. The average Bonchev–Trinajstić information content (AvgIpc) is 2.79. The smallest absolute Gasteiger partial charge is 0.256 e. The number of pyridine rings is 1. The highest BCUT2D eigenvalue weighted by Gasteiger charge is 2.29. The van der Waals surface area contributed by atoms with Gasteiger partial charge in [0.2, 0.25) is 0 Å². The number of benzene rings is 2. The molecule has 0 amide bonds. The summed E-state index contributed by atoms with van der Waals surface area (Å²) in [5.74, 6) is 0. The summed E-state index contributed by atoms with van der Waals surface area (Å²) in [6.45, 7) is 0. The maximum absolute atomic E-state index is 12.1. The van der Waals surface area contributed by atoms with Crippen LogP contribution in [0.25, 0.3) is 10.9 Å². The molecule has 1 aliphatic heterocycles. The standard InChI is InChI=1S/C16H10N2O2S/c19-21(20)15-8-4-2-6-13(15)16(18-21)12-9-11-5-1-3-7-14(11)17-10-12/h1-10H. The van der Waals surface area contributed by atoms with Gasteiger partial charge in [0.1, 0.15) is 0 Å².